The molecule has 3 rings (SSSR count). The zero-order valence-corrected chi connectivity index (χ0v) is 9.74. The first-order valence-electron chi connectivity index (χ1n) is 6.32. The summed E-state index contributed by atoms with van der Waals surface area (Å²) in [6.45, 7) is 4.91. The van der Waals surface area contributed by atoms with E-state index in [0.717, 1.165) is 23.7 Å². The molecule has 0 aliphatic heterocycles. The van der Waals surface area contributed by atoms with Gasteiger partial charge in [0.15, 0.2) is 0 Å². The van der Waals surface area contributed by atoms with Crippen molar-refractivity contribution in [2.75, 3.05) is 0 Å². The summed E-state index contributed by atoms with van der Waals surface area (Å²) in [6, 6.07) is 9.06. The molecule has 0 nitrogen and oxygen atoms in total. The second kappa shape index (κ2) is 3.37. The summed E-state index contributed by atoms with van der Waals surface area (Å²) in [5.41, 5.74) is 3.25. The van der Waals surface area contributed by atoms with Gasteiger partial charge in [0.2, 0.25) is 0 Å². The van der Waals surface area contributed by atoms with Crippen LogP contribution in [0.1, 0.15) is 31.4 Å². The molecule has 0 N–H and O–H groups in total. The fourth-order valence-corrected chi connectivity index (χ4v) is 3.95. The van der Waals surface area contributed by atoms with Crippen LogP contribution in [0.25, 0.3) is 0 Å². The van der Waals surface area contributed by atoms with Crippen LogP contribution in [-0.4, -0.2) is 0 Å². The molecule has 0 unspecified atom stereocenters. The molecular weight excluding hydrogens is 180 g/mol. The van der Waals surface area contributed by atoms with E-state index < -0.39 is 0 Å². The van der Waals surface area contributed by atoms with Crippen molar-refractivity contribution >= 4 is 0 Å². The molecule has 0 amide bonds. The normalized spacial score (nSPS) is 38.5. The monoisotopic (exact) mass is 200 g/mol. The molecule has 0 saturated heterocycles. The van der Waals surface area contributed by atoms with Gasteiger partial charge in [0.25, 0.3) is 0 Å². The van der Waals surface area contributed by atoms with Crippen molar-refractivity contribution in [2.24, 2.45) is 23.7 Å². The number of rotatable bonds is 0. The molecule has 0 radical (unpaired) electrons. The maximum absolute atomic E-state index is 2.45. The Balaban J connectivity index is 1.96. The first-order chi connectivity index (χ1) is 7.25. The minimum Gasteiger partial charge on any atom is -0.0622 e. The van der Waals surface area contributed by atoms with E-state index >= 15 is 0 Å². The molecule has 0 bridgehead atoms. The molecule has 0 heteroatoms. The van der Waals surface area contributed by atoms with E-state index in [1.165, 1.54) is 19.3 Å². The highest BCUT2D eigenvalue weighted by molar-refractivity contribution is 5.31. The van der Waals surface area contributed by atoms with Gasteiger partial charge in [-0.15, -0.1) is 0 Å². The minimum absolute atomic E-state index is 0.943. The van der Waals surface area contributed by atoms with Gasteiger partial charge in [-0.3, -0.25) is 0 Å². The molecule has 0 spiro atoms. The zero-order valence-electron chi connectivity index (χ0n) is 9.74. The van der Waals surface area contributed by atoms with Crippen molar-refractivity contribution in [2.45, 2.75) is 33.1 Å². The van der Waals surface area contributed by atoms with Gasteiger partial charge in [-0.25, -0.2) is 0 Å². The first-order valence-corrected chi connectivity index (χ1v) is 6.32. The molecular formula is C15H20. The molecule has 2 aliphatic carbocycles. The standard InChI is InChI=1S/C15H20/c1-10-7-11(2)15-9-13-6-4-3-5-12(13)8-14(10)15/h3-6,10-11,14-15H,7-9H2,1-2H3/t10-,11+,14-,15-/m1/s1. The van der Waals surface area contributed by atoms with E-state index in [1.807, 2.05) is 0 Å². The Morgan fingerprint density at radius 2 is 1.33 bits per heavy atom. The Morgan fingerprint density at radius 1 is 0.867 bits per heavy atom. The lowest BCUT2D eigenvalue weighted by molar-refractivity contribution is 0.278. The highest BCUT2D eigenvalue weighted by Crippen LogP contribution is 2.47. The van der Waals surface area contributed by atoms with Crippen LogP contribution in [0.2, 0.25) is 0 Å². The van der Waals surface area contributed by atoms with E-state index in [0.29, 0.717) is 0 Å². The summed E-state index contributed by atoms with van der Waals surface area (Å²) in [5.74, 6) is 3.82. The molecule has 1 aromatic carbocycles. The van der Waals surface area contributed by atoms with Gasteiger partial charge < -0.3 is 0 Å². The van der Waals surface area contributed by atoms with Crippen molar-refractivity contribution in [1.82, 2.24) is 0 Å². The van der Waals surface area contributed by atoms with E-state index in [9.17, 15) is 0 Å². The Hall–Kier alpha value is -0.780. The fourth-order valence-electron chi connectivity index (χ4n) is 3.95. The van der Waals surface area contributed by atoms with Crippen LogP contribution in [0, 0.1) is 23.7 Å². The summed E-state index contributed by atoms with van der Waals surface area (Å²) < 4.78 is 0. The first kappa shape index (κ1) is 9.45. The SMILES string of the molecule is C[C@@H]1C[C@H](C)[C@H]2Cc3ccccc3C[C@@H]21. The summed E-state index contributed by atoms with van der Waals surface area (Å²) in [4.78, 5) is 0. The van der Waals surface area contributed by atoms with Gasteiger partial charge >= 0.3 is 0 Å². The molecule has 0 aromatic heterocycles. The third-order valence-electron chi connectivity index (χ3n) is 4.78. The highest BCUT2D eigenvalue weighted by Gasteiger charge is 2.41. The van der Waals surface area contributed by atoms with Crippen LogP contribution in [0.4, 0.5) is 0 Å². The second-order valence-electron chi connectivity index (χ2n) is 5.69. The highest BCUT2D eigenvalue weighted by atomic mass is 14.5. The third-order valence-corrected chi connectivity index (χ3v) is 4.78. The second-order valence-corrected chi connectivity index (χ2v) is 5.69. The van der Waals surface area contributed by atoms with Crippen molar-refractivity contribution in [3.05, 3.63) is 35.4 Å². The van der Waals surface area contributed by atoms with Crippen molar-refractivity contribution in [3.8, 4) is 0 Å². The lowest BCUT2D eigenvalue weighted by atomic mass is 9.74. The number of fused-ring (bicyclic) bond motifs is 2. The summed E-state index contributed by atoms with van der Waals surface area (Å²) in [6.07, 6.45) is 4.13. The van der Waals surface area contributed by atoms with Gasteiger partial charge in [0, 0.05) is 0 Å². The van der Waals surface area contributed by atoms with E-state index in [4.69, 9.17) is 0 Å². The van der Waals surface area contributed by atoms with Crippen molar-refractivity contribution < 1.29 is 0 Å². The van der Waals surface area contributed by atoms with Crippen LogP contribution < -0.4 is 0 Å². The Kier molecular flexibility index (Phi) is 2.12. The molecule has 1 aromatic rings. The summed E-state index contributed by atoms with van der Waals surface area (Å²) in [7, 11) is 0. The predicted octanol–water partition coefficient (Wildman–Crippen LogP) is 3.69. The molecule has 1 fully saturated rings. The quantitative estimate of drug-likeness (QED) is 0.599. The molecule has 0 heterocycles. The largest absolute Gasteiger partial charge is 0.0622 e. The van der Waals surface area contributed by atoms with Gasteiger partial charge in [0.1, 0.15) is 0 Å². The van der Waals surface area contributed by atoms with E-state index in [1.54, 1.807) is 11.1 Å². The summed E-state index contributed by atoms with van der Waals surface area (Å²) >= 11 is 0. The lowest BCUT2D eigenvalue weighted by Crippen LogP contribution is -2.26. The number of benzene rings is 1. The molecule has 2 aliphatic rings. The third kappa shape index (κ3) is 1.42. The van der Waals surface area contributed by atoms with Crippen molar-refractivity contribution in [3.63, 3.8) is 0 Å². The zero-order chi connectivity index (χ0) is 10.4. The topological polar surface area (TPSA) is 0 Å². The van der Waals surface area contributed by atoms with E-state index in [2.05, 4.69) is 38.1 Å². The summed E-state index contributed by atoms with van der Waals surface area (Å²) in [5, 5.41) is 0. The maximum atomic E-state index is 2.45. The van der Waals surface area contributed by atoms with Crippen LogP contribution in [0.5, 0.6) is 0 Å². The number of hydrogen-bond acceptors (Lipinski definition) is 0. The smallest absolute Gasteiger partial charge is 0.0242 e. The van der Waals surface area contributed by atoms with Crippen LogP contribution in [0.3, 0.4) is 0 Å². The maximum Gasteiger partial charge on any atom is -0.0242 e. The number of hydrogen-bond donors (Lipinski definition) is 0. The average molecular weight is 200 g/mol. The average Bonchev–Trinajstić information content (AvgIpc) is 2.52. The lowest BCUT2D eigenvalue weighted by Gasteiger charge is -2.31. The van der Waals surface area contributed by atoms with Gasteiger partial charge in [-0.05, 0) is 54.1 Å². The van der Waals surface area contributed by atoms with Gasteiger partial charge in [-0.2, -0.15) is 0 Å². The Labute approximate surface area is 92.7 Å². The van der Waals surface area contributed by atoms with Crippen LogP contribution >= 0.6 is 0 Å². The van der Waals surface area contributed by atoms with Crippen LogP contribution in [0.15, 0.2) is 24.3 Å². The Bertz CT molecular complexity index is 331. The fraction of sp³-hybridized carbons (Fsp3) is 0.600. The molecule has 4 atom stereocenters. The van der Waals surface area contributed by atoms with Gasteiger partial charge in [-0.1, -0.05) is 38.1 Å². The van der Waals surface area contributed by atoms with Crippen LogP contribution in [-0.2, 0) is 12.8 Å². The van der Waals surface area contributed by atoms with Crippen molar-refractivity contribution in [1.29, 1.82) is 0 Å². The van der Waals surface area contributed by atoms with E-state index in [-0.39, 0.29) is 0 Å². The Morgan fingerprint density at radius 3 is 1.80 bits per heavy atom. The van der Waals surface area contributed by atoms with Gasteiger partial charge in [0.05, 0.1) is 0 Å². The molecule has 80 valence electrons. The molecule has 15 heavy (non-hydrogen) atoms. The predicted molar refractivity (Wildman–Crippen MR) is 63.8 cm³/mol. The minimum atomic E-state index is 0.943. The molecule has 1 saturated carbocycles.